The van der Waals surface area contributed by atoms with Gasteiger partial charge in [0.2, 0.25) is 10.0 Å². The highest BCUT2D eigenvalue weighted by Gasteiger charge is 2.21. The Morgan fingerprint density at radius 1 is 1.11 bits per heavy atom. The van der Waals surface area contributed by atoms with E-state index in [2.05, 4.69) is 0 Å². The van der Waals surface area contributed by atoms with Crippen LogP contribution in [0.4, 0.5) is 0 Å². The topological polar surface area (TPSA) is 97.5 Å². The number of hydrogen-bond donors (Lipinski definition) is 1. The Bertz CT molecular complexity index is 621. The lowest BCUT2D eigenvalue weighted by Crippen LogP contribution is -2.31. The maximum atomic E-state index is 12.1. The number of sulfone groups is 1. The number of benzene rings is 1. The van der Waals surface area contributed by atoms with Crippen molar-refractivity contribution in [3.63, 3.8) is 0 Å². The maximum Gasteiger partial charge on any atom is 0.242 e. The van der Waals surface area contributed by atoms with Gasteiger partial charge in [0.1, 0.15) is 9.84 Å². The number of rotatable bonds is 6. The van der Waals surface area contributed by atoms with Gasteiger partial charge >= 0.3 is 0 Å². The summed E-state index contributed by atoms with van der Waals surface area (Å²) < 4.78 is 47.4. The molecule has 0 atom stereocenters. The Labute approximate surface area is 114 Å². The fraction of sp³-hybridized carbons (Fsp3) is 0.455. The summed E-state index contributed by atoms with van der Waals surface area (Å²) in [5.74, 6) is -0.205. The van der Waals surface area contributed by atoms with Gasteiger partial charge in [0.05, 0.1) is 10.6 Å². The lowest BCUT2D eigenvalue weighted by atomic mass is 10.2. The van der Waals surface area contributed by atoms with Crippen molar-refractivity contribution in [1.29, 1.82) is 0 Å². The molecule has 0 radical (unpaired) electrons. The first-order valence-electron chi connectivity index (χ1n) is 5.60. The summed E-state index contributed by atoms with van der Waals surface area (Å²) in [7, 11) is -5.49. The molecule has 108 valence electrons. The van der Waals surface area contributed by atoms with Crippen LogP contribution in [-0.4, -0.2) is 46.7 Å². The molecule has 2 N–H and O–H groups in total. The Kier molecular flexibility index (Phi) is 5.08. The van der Waals surface area contributed by atoms with Crippen LogP contribution in [0.3, 0.4) is 0 Å². The average molecular weight is 306 g/mol. The summed E-state index contributed by atoms with van der Waals surface area (Å²) in [5, 5.41) is 0. The number of nitrogens with zero attached hydrogens (tertiary/aromatic N) is 1. The molecule has 19 heavy (non-hydrogen) atoms. The van der Waals surface area contributed by atoms with Crippen LogP contribution >= 0.6 is 0 Å². The van der Waals surface area contributed by atoms with Crippen LogP contribution in [-0.2, 0) is 26.4 Å². The van der Waals surface area contributed by atoms with Gasteiger partial charge in [-0.05, 0) is 17.7 Å². The van der Waals surface area contributed by atoms with E-state index in [-0.39, 0.29) is 17.2 Å². The van der Waals surface area contributed by atoms with E-state index in [9.17, 15) is 16.8 Å². The van der Waals surface area contributed by atoms with Crippen LogP contribution in [0.1, 0.15) is 5.56 Å². The molecule has 6 nitrogen and oxygen atoms in total. The molecule has 0 bridgehead atoms. The van der Waals surface area contributed by atoms with Crippen molar-refractivity contribution in [3.8, 4) is 0 Å². The first-order valence-corrected chi connectivity index (χ1v) is 9.10. The molecule has 1 rings (SSSR count). The minimum Gasteiger partial charge on any atom is -0.326 e. The highest BCUT2D eigenvalue weighted by Crippen LogP contribution is 2.15. The van der Waals surface area contributed by atoms with Gasteiger partial charge in [-0.2, -0.15) is 4.31 Å². The minimum absolute atomic E-state index is 0.0696. The molecule has 0 saturated carbocycles. The van der Waals surface area contributed by atoms with Gasteiger partial charge in [-0.1, -0.05) is 12.1 Å². The summed E-state index contributed by atoms with van der Waals surface area (Å²) in [4.78, 5) is 0.126. The monoisotopic (exact) mass is 306 g/mol. The molecule has 1 aromatic carbocycles. The van der Waals surface area contributed by atoms with Crippen LogP contribution in [0.2, 0.25) is 0 Å². The molecule has 0 aliphatic carbocycles. The molecule has 0 saturated heterocycles. The molecule has 0 unspecified atom stereocenters. The fourth-order valence-corrected chi connectivity index (χ4v) is 3.28. The van der Waals surface area contributed by atoms with Gasteiger partial charge in [0.25, 0.3) is 0 Å². The Morgan fingerprint density at radius 3 is 2.05 bits per heavy atom. The molecule has 1 aromatic rings. The van der Waals surface area contributed by atoms with E-state index in [1.807, 2.05) is 0 Å². The zero-order valence-corrected chi connectivity index (χ0v) is 12.5. The molecule has 0 aliphatic rings. The van der Waals surface area contributed by atoms with E-state index in [0.717, 1.165) is 16.1 Å². The van der Waals surface area contributed by atoms with E-state index in [0.29, 0.717) is 6.54 Å². The third kappa shape index (κ3) is 4.57. The Morgan fingerprint density at radius 2 is 1.63 bits per heavy atom. The molecule has 0 heterocycles. The molecular weight excluding hydrogens is 288 g/mol. The van der Waals surface area contributed by atoms with Crippen molar-refractivity contribution in [2.24, 2.45) is 5.73 Å². The summed E-state index contributed by atoms with van der Waals surface area (Å²) in [5.41, 5.74) is 6.27. The van der Waals surface area contributed by atoms with Crippen LogP contribution in [0.15, 0.2) is 29.2 Å². The zero-order chi connectivity index (χ0) is 14.7. The molecular formula is C11H18N2O4S2. The number of hydrogen-bond acceptors (Lipinski definition) is 5. The van der Waals surface area contributed by atoms with E-state index < -0.39 is 19.9 Å². The first kappa shape index (κ1) is 16.1. The standard InChI is InChI=1S/C11H18N2O4S2/c1-13(7-8-18(2,14)15)19(16,17)11-5-3-10(9-12)4-6-11/h3-6H,7-9,12H2,1-2H3. The second-order valence-electron chi connectivity index (χ2n) is 4.30. The largest absolute Gasteiger partial charge is 0.326 e. The lowest BCUT2D eigenvalue weighted by molar-refractivity contribution is 0.485. The average Bonchev–Trinajstić information content (AvgIpc) is 2.35. The summed E-state index contributed by atoms with van der Waals surface area (Å²) in [6.07, 6.45) is 1.07. The van der Waals surface area contributed by atoms with Crippen molar-refractivity contribution in [2.45, 2.75) is 11.4 Å². The van der Waals surface area contributed by atoms with Gasteiger partial charge in [0, 0.05) is 26.4 Å². The second-order valence-corrected chi connectivity index (χ2v) is 8.61. The van der Waals surface area contributed by atoms with Crippen LogP contribution in [0.5, 0.6) is 0 Å². The first-order chi connectivity index (χ1) is 8.66. The molecule has 0 spiro atoms. The van der Waals surface area contributed by atoms with Gasteiger partial charge in [-0.15, -0.1) is 0 Å². The predicted octanol–water partition coefficient (Wildman–Crippen LogP) is -0.190. The lowest BCUT2D eigenvalue weighted by Gasteiger charge is -2.16. The molecule has 0 aromatic heterocycles. The van der Waals surface area contributed by atoms with E-state index >= 15 is 0 Å². The summed E-state index contributed by atoms with van der Waals surface area (Å²) >= 11 is 0. The van der Waals surface area contributed by atoms with Crippen LogP contribution in [0, 0.1) is 0 Å². The van der Waals surface area contributed by atoms with E-state index in [1.54, 1.807) is 12.1 Å². The van der Waals surface area contributed by atoms with Crippen LogP contribution in [0.25, 0.3) is 0 Å². The Hall–Kier alpha value is -0.960. The molecule has 8 heteroatoms. The van der Waals surface area contributed by atoms with Crippen molar-refractivity contribution in [1.82, 2.24) is 4.31 Å². The highest BCUT2D eigenvalue weighted by molar-refractivity contribution is 7.91. The van der Waals surface area contributed by atoms with Crippen LogP contribution < -0.4 is 5.73 Å². The fourth-order valence-electron chi connectivity index (χ4n) is 1.39. The number of nitrogens with two attached hydrogens (primary N) is 1. The number of sulfonamides is 1. The molecule has 0 fully saturated rings. The van der Waals surface area contributed by atoms with Gasteiger partial charge in [0.15, 0.2) is 0 Å². The van der Waals surface area contributed by atoms with Crippen molar-refractivity contribution in [2.75, 3.05) is 25.6 Å². The minimum atomic E-state index is -3.66. The van der Waals surface area contributed by atoms with Gasteiger partial charge in [-0.25, -0.2) is 16.8 Å². The third-order valence-corrected chi connectivity index (χ3v) is 5.44. The summed E-state index contributed by atoms with van der Waals surface area (Å²) in [6.45, 7) is 0.268. The van der Waals surface area contributed by atoms with Gasteiger partial charge < -0.3 is 5.73 Å². The highest BCUT2D eigenvalue weighted by atomic mass is 32.2. The van der Waals surface area contributed by atoms with Crippen molar-refractivity contribution >= 4 is 19.9 Å². The normalized spacial score (nSPS) is 12.8. The van der Waals surface area contributed by atoms with Gasteiger partial charge in [-0.3, -0.25) is 0 Å². The molecule has 0 amide bonds. The summed E-state index contributed by atoms with van der Waals surface area (Å²) in [6, 6.07) is 6.21. The van der Waals surface area contributed by atoms with Crippen molar-refractivity contribution < 1.29 is 16.8 Å². The van der Waals surface area contributed by atoms with Crippen molar-refractivity contribution in [3.05, 3.63) is 29.8 Å². The predicted molar refractivity (Wildman–Crippen MR) is 73.9 cm³/mol. The quantitative estimate of drug-likeness (QED) is 0.785. The van der Waals surface area contributed by atoms with E-state index in [1.165, 1.54) is 19.2 Å². The molecule has 0 aliphatic heterocycles. The Balaban J connectivity index is 2.90. The maximum absolute atomic E-state index is 12.1. The zero-order valence-electron chi connectivity index (χ0n) is 10.9. The SMILES string of the molecule is CN(CCS(C)(=O)=O)S(=O)(=O)c1ccc(CN)cc1. The third-order valence-electron chi connectivity index (χ3n) is 2.64. The smallest absolute Gasteiger partial charge is 0.242 e. The second kappa shape index (κ2) is 6.00. The van der Waals surface area contributed by atoms with E-state index in [4.69, 9.17) is 5.73 Å².